The van der Waals surface area contributed by atoms with Gasteiger partial charge in [0.1, 0.15) is 18.1 Å². The maximum absolute atomic E-state index is 11.8. The summed E-state index contributed by atoms with van der Waals surface area (Å²) >= 11 is 5.88. The van der Waals surface area contributed by atoms with E-state index >= 15 is 0 Å². The number of esters is 1. The molecule has 20 heavy (non-hydrogen) atoms. The molecule has 0 aliphatic heterocycles. The Morgan fingerprint density at radius 3 is 2.85 bits per heavy atom. The lowest BCUT2D eigenvalue weighted by Gasteiger charge is -2.14. The molecule has 2 aromatic rings. The van der Waals surface area contributed by atoms with Crippen molar-refractivity contribution < 1.29 is 18.7 Å². The zero-order valence-electron chi connectivity index (χ0n) is 11.0. The summed E-state index contributed by atoms with van der Waals surface area (Å²) in [6.07, 6.45) is 2.00. The minimum Gasteiger partial charge on any atom is -0.493 e. The Hall–Kier alpha value is -1.94. The molecule has 0 saturated heterocycles. The van der Waals surface area contributed by atoms with Crippen LogP contribution in [0, 0.1) is 5.92 Å². The second-order valence-electron chi connectivity index (χ2n) is 4.27. The highest BCUT2D eigenvalue weighted by Gasteiger charge is 2.22. The van der Waals surface area contributed by atoms with Crippen molar-refractivity contribution in [3.8, 4) is 5.75 Å². The van der Waals surface area contributed by atoms with Gasteiger partial charge in [-0.3, -0.25) is 4.79 Å². The fourth-order valence-corrected chi connectivity index (χ4v) is 1.98. The van der Waals surface area contributed by atoms with Crippen LogP contribution in [0.1, 0.15) is 5.76 Å². The normalized spacial score (nSPS) is 11.9. The van der Waals surface area contributed by atoms with Crippen molar-refractivity contribution in [1.82, 2.24) is 0 Å². The summed E-state index contributed by atoms with van der Waals surface area (Å²) in [6.45, 7) is 0.202. The van der Waals surface area contributed by atoms with Crippen LogP contribution < -0.4 is 4.74 Å². The van der Waals surface area contributed by atoms with Crippen LogP contribution in [0.2, 0.25) is 5.02 Å². The van der Waals surface area contributed by atoms with Crippen molar-refractivity contribution in [2.45, 2.75) is 6.42 Å². The van der Waals surface area contributed by atoms with Crippen LogP contribution >= 0.6 is 11.6 Å². The summed E-state index contributed by atoms with van der Waals surface area (Å²) < 4.78 is 15.6. The molecule has 0 aliphatic rings. The van der Waals surface area contributed by atoms with E-state index in [1.54, 1.807) is 36.6 Å². The maximum Gasteiger partial charge on any atom is 0.312 e. The highest BCUT2D eigenvalue weighted by Crippen LogP contribution is 2.19. The summed E-state index contributed by atoms with van der Waals surface area (Å²) in [4.78, 5) is 11.8. The van der Waals surface area contributed by atoms with Gasteiger partial charge >= 0.3 is 5.97 Å². The molecule has 1 atom stereocenters. The number of hydrogen-bond donors (Lipinski definition) is 0. The number of benzene rings is 1. The van der Waals surface area contributed by atoms with Crippen LogP contribution in [0.5, 0.6) is 5.75 Å². The van der Waals surface area contributed by atoms with E-state index in [0.717, 1.165) is 5.76 Å². The third-order valence-electron chi connectivity index (χ3n) is 2.81. The van der Waals surface area contributed by atoms with Gasteiger partial charge in [0.25, 0.3) is 0 Å². The summed E-state index contributed by atoms with van der Waals surface area (Å²) in [6, 6.07) is 10.6. The summed E-state index contributed by atoms with van der Waals surface area (Å²) in [5.41, 5.74) is 0. The van der Waals surface area contributed by atoms with Gasteiger partial charge in [-0.25, -0.2) is 0 Å². The minimum atomic E-state index is -0.426. The molecule has 106 valence electrons. The SMILES string of the molecule is COC(=O)C(COc1cccc(Cl)c1)Cc1ccco1. The Kier molecular flexibility index (Phi) is 5.07. The van der Waals surface area contributed by atoms with Gasteiger partial charge in [0.05, 0.1) is 19.3 Å². The Morgan fingerprint density at radius 2 is 2.20 bits per heavy atom. The summed E-state index contributed by atoms with van der Waals surface area (Å²) in [7, 11) is 1.36. The zero-order valence-corrected chi connectivity index (χ0v) is 11.8. The van der Waals surface area contributed by atoms with E-state index in [2.05, 4.69) is 0 Å². The Bertz CT molecular complexity index is 551. The van der Waals surface area contributed by atoms with Gasteiger partial charge in [-0.2, -0.15) is 0 Å². The molecular weight excluding hydrogens is 280 g/mol. The molecule has 2 rings (SSSR count). The van der Waals surface area contributed by atoms with Crippen molar-refractivity contribution in [2.24, 2.45) is 5.92 Å². The van der Waals surface area contributed by atoms with Crippen molar-refractivity contribution >= 4 is 17.6 Å². The number of rotatable bonds is 6. The van der Waals surface area contributed by atoms with E-state index in [-0.39, 0.29) is 12.6 Å². The highest BCUT2D eigenvalue weighted by atomic mass is 35.5. The second kappa shape index (κ2) is 7.01. The van der Waals surface area contributed by atoms with Crippen LogP contribution in [-0.4, -0.2) is 19.7 Å². The molecule has 4 nitrogen and oxygen atoms in total. The van der Waals surface area contributed by atoms with E-state index < -0.39 is 5.92 Å². The monoisotopic (exact) mass is 294 g/mol. The van der Waals surface area contributed by atoms with Gasteiger partial charge in [0.2, 0.25) is 0 Å². The molecule has 1 aromatic heterocycles. The van der Waals surface area contributed by atoms with E-state index in [9.17, 15) is 4.79 Å². The third kappa shape index (κ3) is 4.03. The molecular formula is C15H15ClO4. The van der Waals surface area contributed by atoms with Crippen molar-refractivity contribution in [2.75, 3.05) is 13.7 Å². The van der Waals surface area contributed by atoms with Crippen molar-refractivity contribution in [3.05, 3.63) is 53.4 Å². The van der Waals surface area contributed by atoms with E-state index in [1.807, 2.05) is 6.07 Å². The number of hydrogen-bond acceptors (Lipinski definition) is 4. The fraction of sp³-hybridized carbons (Fsp3) is 0.267. The van der Waals surface area contributed by atoms with Gasteiger partial charge in [-0.05, 0) is 30.3 Å². The van der Waals surface area contributed by atoms with Crippen LogP contribution in [0.4, 0.5) is 0 Å². The molecule has 0 N–H and O–H groups in total. The smallest absolute Gasteiger partial charge is 0.312 e. The molecule has 0 spiro atoms. The summed E-state index contributed by atoms with van der Waals surface area (Å²) in [5.74, 6) is 0.578. The Labute approximate surface area is 122 Å². The molecule has 0 saturated carbocycles. The lowest BCUT2D eigenvalue weighted by molar-refractivity contribution is -0.146. The molecule has 0 fully saturated rings. The molecule has 5 heteroatoms. The number of carbonyl (C=O) groups is 1. The Balaban J connectivity index is 1.99. The topological polar surface area (TPSA) is 48.7 Å². The van der Waals surface area contributed by atoms with Gasteiger partial charge in [-0.1, -0.05) is 17.7 Å². The standard InChI is InChI=1S/C15H15ClO4/c1-18-15(17)11(8-13-6-3-7-19-13)10-20-14-5-2-4-12(16)9-14/h2-7,9,11H,8,10H2,1H3. The van der Waals surface area contributed by atoms with E-state index in [0.29, 0.717) is 17.2 Å². The van der Waals surface area contributed by atoms with Gasteiger partial charge < -0.3 is 13.9 Å². The highest BCUT2D eigenvalue weighted by molar-refractivity contribution is 6.30. The average molecular weight is 295 g/mol. The van der Waals surface area contributed by atoms with E-state index in [4.69, 9.17) is 25.5 Å². The quantitative estimate of drug-likeness (QED) is 0.767. The van der Waals surface area contributed by atoms with Gasteiger partial charge in [0, 0.05) is 11.4 Å². The Morgan fingerprint density at radius 1 is 1.35 bits per heavy atom. The first-order chi connectivity index (χ1) is 9.69. The lowest BCUT2D eigenvalue weighted by Crippen LogP contribution is -2.25. The number of halogens is 1. The largest absolute Gasteiger partial charge is 0.493 e. The molecule has 0 bridgehead atoms. The van der Waals surface area contributed by atoms with E-state index in [1.165, 1.54) is 7.11 Å². The average Bonchev–Trinajstić information content (AvgIpc) is 2.95. The fourth-order valence-electron chi connectivity index (χ4n) is 1.80. The first kappa shape index (κ1) is 14.5. The molecule has 0 amide bonds. The van der Waals surface area contributed by atoms with Crippen LogP contribution in [0.15, 0.2) is 47.1 Å². The number of ether oxygens (including phenoxy) is 2. The maximum atomic E-state index is 11.8. The predicted octanol–water partition coefficient (Wildman–Crippen LogP) is 3.34. The number of methoxy groups -OCH3 is 1. The number of carbonyl (C=O) groups excluding carboxylic acids is 1. The first-order valence-electron chi connectivity index (χ1n) is 6.17. The number of furan rings is 1. The van der Waals surface area contributed by atoms with Crippen LogP contribution in [0.25, 0.3) is 0 Å². The first-order valence-corrected chi connectivity index (χ1v) is 6.55. The molecule has 0 aliphatic carbocycles. The van der Waals surface area contributed by atoms with Crippen molar-refractivity contribution in [3.63, 3.8) is 0 Å². The van der Waals surface area contributed by atoms with Crippen molar-refractivity contribution in [1.29, 1.82) is 0 Å². The second-order valence-corrected chi connectivity index (χ2v) is 4.71. The molecule has 1 heterocycles. The minimum absolute atomic E-state index is 0.202. The van der Waals surface area contributed by atoms with Gasteiger partial charge in [0.15, 0.2) is 0 Å². The third-order valence-corrected chi connectivity index (χ3v) is 3.04. The zero-order chi connectivity index (χ0) is 14.4. The van der Waals surface area contributed by atoms with Crippen LogP contribution in [0.3, 0.4) is 0 Å². The summed E-state index contributed by atoms with van der Waals surface area (Å²) in [5, 5.41) is 0.586. The predicted molar refractivity (Wildman–Crippen MR) is 74.9 cm³/mol. The molecule has 1 aromatic carbocycles. The lowest BCUT2D eigenvalue weighted by atomic mass is 10.1. The van der Waals surface area contributed by atoms with Crippen LogP contribution in [-0.2, 0) is 16.0 Å². The van der Waals surface area contributed by atoms with Gasteiger partial charge in [-0.15, -0.1) is 0 Å². The molecule has 0 radical (unpaired) electrons. The molecule has 1 unspecified atom stereocenters.